The Hall–Kier alpha value is -3.85. The first-order chi connectivity index (χ1) is 14.3. The summed E-state index contributed by atoms with van der Waals surface area (Å²) in [7, 11) is 2.10. The van der Waals surface area contributed by atoms with Crippen molar-refractivity contribution in [3.63, 3.8) is 0 Å². The summed E-state index contributed by atoms with van der Waals surface area (Å²) in [5.41, 5.74) is 7.01. The number of para-hydroxylation sites is 2. The number of rotatable bonds is 4. The minimum atomic E-state index is 1.15. The molecule has 0 atom stereocenters. The molecule has 3 heteroatoms. The molecule has 0 fully saturated rings. The summed E-state index contributed by atoms with van der Waals surface area (Å²) in [6.07, 6.45) is 12.8. The zero-order valence-electron chi connectivity index (χ0n) is 16.3. The number of nitrogens with one attached hydrogen (secondary N) is 2. The summed E-state index contributed by atoms with van der Waals surface area (Å²) in [4.78, 5) is 6.66. The SMILES string of the molecule is C[n+]1c(C=Cc2c[nH]c3ccccc23)cccc1C=Cc1c[nH]c2ccccc12. The molecule has 3 aromatic heterocycles. The van der Waals surface area contributed by atoms with E-state index >= 15 is 0 Å². The lowest BCUT2D eigenvalue weighted by Gasteiger charge is -1.99. The van der Waals surface area contributed by atoms with Crippen molar-refractivity contribution >= 4 is 46.1 Å². The third-order valence-corrected chi connectivity index (χ3v) is 5.42. The Balaban J connectivity index is 1.45. The first kappa shape index (κ1) is 17.3. The van der Waals surface area contributed by atoms with E-state index in [0.717, 1.165) is 22.4 Å². The minimum absolute atomic E-state index is 1.15. The van der Waals surface area contributed by atoms with E-state index < -0.39 is 0 Å². The van der Waals surface area contributed by atoms with Gasteiger partial charge < -0.3 is 9.97 Å². The molecule has 0 amide bonds. The number of pyridine rings is 1. The second-order valence-corrected chi connectivity index (χ2v) is 7.18. The third-order valence-electron chi connectivity index (χ3n) is 5.42. The van der Waals surface area contributed by atoms with Crippen LogP contribution in [0, 0.1) is 0 Å². The van der Waals surface area contributed by atoms with Gasteiger partial charge in [0.1, 0.15) is 7.05 Å². The molecule has 140 valence electrons. The fourth-order valence-corrected chi connectivity index (χ4v) is 3.77. The number of aromatic amines is 2. The summed E-state index contributed by atoms with van der Waals surface area (Å²) in [5.74, 6) is 0. The second kappa shape index (κ2) is 7.28. The summed E-state index contributed by atoms with van der Waals surface area (Å²) in [6.45, 7) is 0. The van der Waals surface area contributed by atoms with Crippen LogP contribution in [0.15, 0.2) is 79.1 Å². The van der Waals surface area contributed by atoms with Gasteiger partial charge in [0.15, 0.2) is 0 Å². The van der Waals surface area contributed by atoms with Crippen molar-refractivity contribution in [1.29, 1.82) is 0 Å². The predicted molar refractivity (Wildman–Crippen MR) is 122 cm³/mol. The zero-order chi connectivity index (χ0) is 19.6. The van der Waals surface area contributed by atoms with Crippen molar-refractivity contribution < 1.29 is 4.57 Å². The highest BCUT2D eigenvalue weighted by molar-refractivity contribution is 5.92. The quantitative estimate of drug-likeness (QED) is 0.371. The molecule has 29 heavy (non-hydrogen) atoms. The molecule has 0 aliphatic carbocycles. The summed E-state index contributed by atoms with van der Waals surface area (Å²) in [6, 6.07) is 23.1. The highest BCUT2D eigenvalue weighted by atomic mass is 14.9. The Labute approximate surface area is 169 Å². The lowest BCUT2D eigenvalue weighted by Crippen LogP contribution is -2.35. The van der Waals surface area contributed by atoms with E-state index in [0.29, 0.717) is 0 Å². The van der Waals surface area contributed by atoms with Crippen LogP contribution in [0.5, 0.6) is 0 Å². The molecular formula is C26H22N3+. The third kappa shape index (κ3) is 3.27. The first-order valence-corrected chi connectivity index (χ1v) is 9.77. The van der Waals surface area contributed by atoms with Crippen molar-refractivity contribution in [3.05, 3.63) is 102 Å². The molecule has 3 nitrogen and oxygen atoms in total. The molecule has 0 saturated heterocycles. The van der Waals surface area contributed by atoms with Crippen LogP contribution in [0.3, 0.4) is 0 Å². The van der Waals surface area contributed by atoms with Crippen LogP contribution in [-0.4, -0.2) is 9.97 Å². The van der Waals surface area contributed by atoms with E-state index in [4.69, 9.17) is 0 Å². The molecule has 0 unspecified atom stereocenters. The van der Waals surface area contributed by atoms with Crippen molar-refractivity contribution in [1.82, 2.24) is 9.97 Å². The van der Waals surface area contributed by atoms with Gasteiger partial charge in [0, 0.05) is 58.5 Å². The maximum atomic E-state index is 3.33. The average Bonchev–Trinajstić information content (AvgIpc) is 3.36. The van der Waals surface area contributed by atoms with E-state index in [1.807, 2.05) is 0 Å². The van der Waals surface area contributed by atoms with Gasteiger partial charge in [-0.1, -0.05) is 36.4 Å². The lowest BCUT2D eigenvalue weighted by molar-refractivity contribution is -0.675. The van der Waals surface area contributed by atoms with Gasteiger partial charge in [-0.05, 0) is 41.5 Å². The summed E-state index contributed by atoms with van der Waals surface area (Å²) < 4.78 is 2.21. The normalized spacial score (nSPS) is 12.0. The van der Waals surface area contributed by atoms with Crippen LogP contribution in [0.25, 0.3) is 46.1 Å². The van der Waals surface area contributed by atoms with Gasteiger partial charge in [0.25, 0.3) is 0 Å². The molecule has 0 aliphatic rings. The number of nitrogens with zero attached hydrogens (tertiary/aromatic N) is 1. The number of H-pyrrole nitrogens is 2. The second-order valence-electron chi connectivity index (χ2n) is 7.18. The lowest BCUT2D eigenvalue weighted by atomic mass is 10.1. The highest BCUT2D eigenvalue weighted by Gasteiger charge is 2.08. The van der Waals surface area contributed by atoms with Gasteiger partial charge in [-0.2, -0.15) is 4.57 Å². The Kier molecular flexibility index (Phi) is 4.34. The number of benzene rings is 2. The fraction of sp³-hybridized carbons (Fsp3) is 0.0385. The molecule has 2 aromatic carbocycles. The van der Waals surface area contributed by atoms with Crippen LogP contribution in [0.2, 0.25) is 0 Å². The largest absolute Gasteiger partial charge is 0.361 e. The maximum absolute atomic E-state index is 3.33. The Morgan fingerprint density at radius 2 is 1.07 bits per heavy atom. The number of hydrogen-bond donors (Lipinski definition) is 2. The number of hydrogen-bond acceptors (Lipinski definition) is 0. The Morgan fingerprint density at radius 1 is 0.586 bits per heavy atom. The predicted octanol–water partition coefficient (Wildman–Crippen LogP) is 5.81. The van der Waals surface area contributed by atoms with Crippen molar-refractivity contribution in [2.24, 2.45) is 7.05 Å². The Bertz CT molecular complexity index is 1260. The van der Waals surface area contributed by atoms with Crippen LogP contribution in [0.4, 0.5) is 0 Å². The van der Waals surface area contributed by atoms with E-state index in [-0.39, 0.29) is 0 Å². The molecule has 5 aromatic rings. The van der Waals surface area contributed by atoms with Gasteiger partial charge in [0.05, 0.1) is 0 Å². The molecule has 3 heterocycles. The van der Waals surface area contributed by atoms with Gasteiger partial charge in [-0.15, -0.1) is 0 Å². The van der Waals surface area contributed by atoms with E-state index in [2.05, 4.69) is 125 Å². The topological polar surface area (TPSA) is 35.5 Å². The van der Waals surface area contributed by atoms with Crippen molar-refractivity contribution in [2.75, 3.05) is 0 Å². The molecule has 2 N–H and O–H groups in total. The molecular weight excluding hydrogens is 354 g/mol. The Morgan fingerprint density at radius 3 is 1.59 bits per heavy atom. The van der Waals surface area contributed by atoms with E-state index in [1.165, 1.54) is 21.9 Å². The minimum Gasteiger partial charge on any atom is -0.361 e. The van der Waals surface area contributed by atoms with Crippen LogP contribution in [0.1, 0.15) is 22.5 Å². The molecule has 0 bridgehead atoms. The molecule has 0 aliphatic heterocycles. The average molecular weight is 376 g/mol. The number of fused-ring (bicyclic) bond motifs is 2. The highest BCUT2D eigenvalue weighted by Crippen LogP contribution is 2.21. The van der Waals surface area contributed by atoms with Gasteiger partial charge in [-0.25, -0.2) is 0 Å². The van der Waals surface area contributed by atoms with Gasteiger partial charge >= 0.3 is 0 Å². The van der Waals surface area contributed by atoms with Crippen LogP contribution >= 0.6 is 0 Å². The molecule has 0 spiro atoms. The summed E-state index contributed by atoms with van der Waals surface area (Å²) in [5, 5.41) is 2.48. The molecule has 0 radical (unpaired) electrons. The van der Waals surface area contributed by atoms with Crippen molar-refractivity contribution in [3.8, 4) is 0 Å². The molecule has 0 saturated carbocycles. The standard InChI is InChI=1S/C26H21N3/c1-29-21(15-13-19-17-27-25-11-4-2-9-23(19)25)7-6-8-22(29)16-14-20-18-28-26-12-5-3-10-24(20)26/h2-18H,1H3,(H,27,28)/p+1. The van der Waals surface area contributed by atoms with E-state index in [1.54, 1.807) is 0 Å². The van der Waals surface area contributed by atoms with Crippen LogP contribution < -0.4 is 4.57 Å². The monoisotopic (exact) mass is 376 g/mol. The van der Waals surface area contributed by atoms with Gasteiger partial charge in [0.2, 0.25) is 11.4 Å². The van der Waals surface area contributed by atoms with Crippen LogP contribution in [-0.2, 0) is 7.05 Å². The number of aromatic nitrogens is 3. The molecule has 5 rings (SSSR count). The maximum Gasteiger partial charge on any atom is 0.205 e. The zero-order valence-corrected chi connectivity index (χ0v) is 16.3. The smallest absolute Gasteiger partial charge is 0.205 e. The van der Waals surface area contributed by atoms with Crippen molar-refractivity contribution in [2.45, 2.75) is 0 Å². The van der Waals surface area contributed by atoms with E-state index in [9.17, 15) is 0 Å². The van der Waals surface area contributed by atoms with Gasteiger partial charge in [-0.3, -0.25) is 0 Å². The first-order valence-electron chi connectivity index (χ1n) is 9.77. The summed E-state index contributed by atoms with van der Waals surface area (Å²) >= 11 is 0. The fourth-order valence-electron chi connectivity index (χ4n) is 3.77.